The van der Waals surface area contributed by atoms with Gasteiger partial charge >= 0.3 is 12.4 Å². The Labute approximate surface area is 382 Å². The van der Waals surface area contributed by atoms with Gasteiger partial charge in [-0.1, -0.05) is 24.3 Å². The minimum Gasteiger partial charge on any atom is -0.480 e. The highest BCUT2D eigenvalue weighted by atomic mass is 127. The molecule has 0 saturated carbocycles. The van der Waals surface area contributed by atoms with E-state index in [-0.39, 0.29) is 64.0 Å². The summed E-state index contributed by atoms with van der Waals surface area (Å²) in [5, 5.41) is 0. The van der Waals surface area contributed by atoms with Crippen LogP contribution in [0.3, 0.4) is 0 Å². The number of rotatable bonds is 9. The molecular formula is C44H37F8IN2O8S2. The predicted molar refractivity (Wildman–Crippen MR) is 230 cm³/mol. The van der Waals surface area contributed by atoms with Gasteiger partial charge in [-0.05, 0) is 131 Å². The average molecular weight is 1060 g/mol. The predicted octanol–water partition coefficient (Wildman–Crippen LogP) is 9.70. The van der Waals surface area contributed by atoms with Crippen LogP contribution in [0, 0.1) is 15.2 Å². The second kappa shape index (κ2) is 18.5. The molecule has 2 aliphatic heterocycles. The first kappa shape index (κ1) is 49.2. The van der Waals surface area contributed by atoms with E-state index < -0.39 is 73.4 Å². The third-order valence-electron chi connectivity index (χ3n) is 10.4. The van der Waals surface area contributed by atoms with Crippen LogP contribution < -0.4 is 9.47 Å². The minimum atomic E-state index is -4.71. The molecule has 0 fully saturated rings. The van der Waals surface area contributed by atoms with Gasteiger partial charge in [0.2, 0.25) is 0 Å². The van der Waals surface area contributed by atoms with Gasteiger partial charge in [-0.2, -0.15) is 26.3 Å². The second-order valence-corrected chi connectivity index (χ2v) is 20.6. The summed E-state index contributed by atoms with van der Waals surface area (Å²) in [6.45, 7) is 2.21. The van der Waals surface area contributed by atoms with Crippen molar-refractivity contribution in [2.24, 2.45) is 0 Å². The summed E-state index contributed by atoms with van der Waals surface area (Å²) in [6.07, 6.45) is -11.9. The molecule has 0 aromatic heterocycles. The fraction of sp³-hybridized carbons (Fsp3) is 0.273. The number of hydrogen-bond donors (Lipinski definition) is 0. The van der Waals surface area contributed by atoms with Crippen LogP contribution in [0.15, 0.2) is 101 Å². The molecule has 2 aliphatic rings. The van der Waals surface area contributed by atoms with E-state index in [9.17, 15) is 61.5 Å². The van der Waals surface area contributed by atoms with Crippen molar-refractivity contribution in [2.45, 2.75) is 74.4 Å². The molecule has 1 unspecified atom stereocenters. The molecule has 10 nitrogen and oxygen atoms in total. The summed E-state index contributed by atoms with van der Waals surface area (Å²) in [6, 6.07) is 20.2. The van der Waals surface area contributed by atoms with E-state index in [1.165, 1.54) is 21.9 Å². The van der Waals surface area contributed by atoms with Crippen molar-refractivity contribution in [3.05, 3.63) is 140 Å². The third kappa shape index (κ3) is 11.4. The number of benzene rings is 5. The largest absolute Gasteiger partial charge is 0.480 e. The van der Waals surface area contributed by atoms with E-state index in [2.05, 4.69) is 22.6 Å². The molecule has 0 N–H and O–H groups in total. The maximum atomic E-state index is 14.2. The number of carbonyl (C=O) groups excluding carboxylic acids is 2. The van der Waals surface area contributed by atoms with E-state index in [0.717, 1.165) is 89.6 Å². The summed E-state index contributed by atoms with van der Waals surface area (Å²) < 4.78 is 165. The monoisotopic (exact) mass is 1060 g/mol. The Morgan fingerprint density at radius 3 is 1.40 bits per heavy atom. The third-order valence-corrected chi connectivity index (χ3v) is 13.3. The molecule has 5 aromatic rings. The Morgan fingerprint density at radius 2 is 0.985 bits per heavy atom. The van der Waals surface area contributed by atoms with Crippen molar-refractivity contribution in [1.82, 2.24) is 9.80 Å². The van der Waals surface area contributed by atoms with Gasteiger partial charge in [0.1, 0.15) is 23.1 Å². The zero-order chi connectivity index (χ0) is 48.0. The second-order valence-electron chi connectivity index (χ2n) is 15.3. The van der Waals surface area contributed by atoms with Gasteiger partial charge in [0.05, 0.1) is 26.5 Å². The Hall–Kier alpha value is -5.29. The number of ether oxygens (including phenoxy) is 2. The van der Waals surface area contributed by atoms with Gasteiger partial charge in [0.15, 0.2) is 31.9 Å². The first-order valence-electron chi connectivity index (χ1n) is 19.2. The number of hydrogen-bond acceptors (Lipinski definition) is 8. The molecule has 65 heavy (non-hydrogen) atoms. The molecule has 5 aromatic carbocycles. The molecule has 0 saturated heterocycles. The highest BCUT2D eigenvalue weighted by molar-refractivity contribution is 14.1. The molecule has 346 valence electrons. The van der Waals surface area contributed by atoms with Crippen molar-refractivity contribution in [3.63, 3.8) is 0 Å². The van der Waals surface area contributed by atoms with Crippen LogP contribution in [0.4, 0.5) is 35.1 Å². The Bertz CT molecular complexity index is 2890. The fourth-order valence-corrected chi connectivity index (χ4v) is 8.70. The van der Waals surface area contributed by atoms with Crippen LogP contribution >= 0.6 is 22.6 Å². The summed E-state index contributed by atoms with van der Waals surface area (Å²) >= 11 is 2.15. The number of amides is 2. The highest BCUT2D eigenvalue weighted by Gasteiger charge is 2.40. The molecule has 2 heterocycles. The van der Waals surface area contributed by atoms with E-state index in [1.54, 1.807) is 12.1 Å². The minimum absolute atomic E-state index is 0.00452. The Balaban J connectivity index is 0.000000221. The van der Waals surface area contributed by atoms with Gasteiger partial charge in [-0.3, -0.25) is 9.59 Å². The number of fused-ring (bicyclic) bond motifs is 2. The molecule has 7 rings (SSSR count). The summed E-state index contributed by atoms with van der Waals surface area (Å²) in [7, 11) is -7.44. The lowest BCUT2D eigenvalue weighted by atomic mass is 10.00. The quantitative estimate of drug-likeness (QED) is 0.106. The lowest BCUT2D eigenvalue weighted by Gasteiger charge is -2.22. The zero-order valence-corrected chi connectivity index (χ0v) is 38.3. The first-order valence-corrected chi connectivity index (χ1v) is 24.0. The maximum Gasteiger partial charge on any atom is 0.425 e. The maximum absolute atomic E-state index is 14.2. The highest BCUT2D eigenvalue weighted by Crippen LogP contribution is 2.36. The van der Waals surface area contributed by atoms with Crippen molar-refractivity contribution in [1.29, 1.82) is 0 Å². The molecule has 2 atom stereocenters. The van der Waals surface area contributed by atoms with Crippen LogP contribution in [0.2, 0.25) is 0 Å². The topological polar surface area (TPSA) is 127 Å². The number of carbonyl (C=O) groups is 2. The molecule has 2 amide bonds. The lowest BCUT2D eigenvalue weighted by Crippen LogP contribution is -2.32. The first-order chi connectivity index (χ1) is 30.1. The van der Waals surface area contributed by atoms with Gasteiger partial charge in [0.25, 0.3) is 11.8 Å². The van der Waals surface area contributed by atoms with E-state index >= 15 is 0 Å². The lowest BCUT2D eigenvalue weighted by molar-refractivity contribution is -0.189. The normalized spacial score (nSPS) is 14.8. The Morgan fingerprint density at radius 1 is 0.585 bits per heavy atom. The Kier molecular flexibility index (Phi) is 14.0. The van der Waals surface area contributed by atoms with E-state index in [0.29, 0.717) is 11.1 Å². The standard InChI is InChI=1S/C25H20F5NO4S.C19H17F3INO4S/c1-14(25(28,29)30)35-22-9-8-18(36(2,33)34)11-19(22)24(32)31-12-16-7-6-15(10-17(16)13-31)23-20(26)4-3-5-21(23)27;1-11(19(20,21)22)28-17-6-5-15(29(2,26)27)8-16(17)18(25)24-9-12-3-4-14(23)7-13(12)10-24/h3-11,14H,12-13H2,1-2H3;3-8,11H,9-10H2,1-2H3/t;11-/m.0/s1. The SMILES string of the molecule is CC(Oc1ccc(S(C)(=O)=O)cc1C(=O)N1Cc2ccc(-c3c(F)cccc3F)cc2C1)C(F)(F)F.C[C@H](Oc1ccc(S(C)(=O)=O)cc1C(=O)N1Cc2ccc(I)cc2C1)C(F)(F)F. The van der Waals surface area contributed by atoms with Gasteiger partial charge in [0, 0.05) is 42.3 Å². The molecule has 21 heteroatoms. The summed E-state index contributed by atoms with van der Waals surface area (Å²) in [5.74, 6) is -3.57. The van der Waals surface area contributed by atoms with Gasteiger partial charge < -0.3 is 19.3 Å². The van der Waals surface area contributed by atoms with Crippen LogP contribution in [0.5, 0.6) is 11.5 Å². The molecule has 0 spiro atoms. The fourth-order valence-electron chi connectivity index (χ4n) is 6.85. The van der Waals surface area contributed by atoms with Crippen LogP contribution in [-0.4, -0.2) is 75.5 Å². The van der Waals surface area contributed by atoms with Crippen molar-refractivity contribution in [2.75, 3.05) is 12.5 Å². The molecular weight excluding hydrogens is 1030 g/mol. The van der Waals surface area contributed by atoms with Crippen molar-refractivity contribution in [3.8, 4) is 22.6 Å². The summed E-state index contributed by atoms with van der Waals surface area (Å²) in [4.78, 5) is 28.8. The molecule has 0 aliphatic carbocycles. The number of halogens is 9. The molecule has 0 radical (unpaired) electrons. The molecule has 0 bridgehead atoms. The summed E-state index contributed by atoms with van der Waals surface area (Å²) in [5.41, 5.74) is 2.63. The number of sulfone groups is 2. The van der Waals surface area contributed by atoms with Crippen molar-refractivity contribution < 1.29 is 71.0 Å². The zero-order valence-electron chi connectivity index (χ0n) is 34.5. The number of alkyl halides is 6. The van der Waals surface area contributed by atoms with Crippen molar-refractivity contribution >= 4 is 54.1 Å². The van der Waals surface area contributed by atoms with Crippen LogP contribution in [0.1, 0.15) is 56.8 Å². The number of nitrogens with zero attached hydrogens (tertiary/aromatic N) is 2. The van der Waals surface area contributed by atoms with Gasteiger partial charge in [-0.25, -0.2) is 25.6 Å². The van der Waals surface area contributed by atoms with Gasteiger partial charge in [-0.15, -0.1) is 0 Å². The van der Waals surface area contributed by atoms with E-state index in [4.69, 9.17) is 9.47 Å². The smallest absolute Gasteiger partial charge is 0.425 e. The van der Waals surface area contributed by atoms with Crippen LogP contribution in [-0.2, 0) is 45.9 Å². The van der Waals surface area contributed by atoms with E-state index in [1.807, 2.05) is 18.2 Å². The average Bonchev–Trinajstić information content (AvgIpc) is 3.83. The van der Waals surface area contributed by atoms with Crippen LogP contribution in [0.25, 0.3) is 11.1 Å².